The second-order valence-corrected chi connectivity index (χ2v) is 2.98. The molecule has 0 fully saturated rings. The van der Waals surface area contributed by atoms with Crippen molar-refractivity contribution in [2.45, 2.75) is 6.54 Å². The Labute approximate surface area is 81.0 Å². The third-order valence-corrected chi connectivity index (χ3v) is 2.08. The van der Waals surface area contributed by atoms with Crippen molar-refractivity contribution in [2.24, 2.45) is 5.73 Å². The Morgan fingerprint density at radius 3 is 2.57 bits per heavy atom. The van der Waals surface area contributed by atoms with Crippen LogP contribution >= 0.6 is 0 Å². The highest BCUT2D eigenvalue weighted by molar-refractivity contribution is 5.30. The number of rotatable bonds is 2. The van der Waals surface area contributed by atoms with Crippen LogP contribution in [0.2, 0.25) is 0 Å². The van der Waals surface area contributed by atoms with E-state index in [0.29, 0.717) is 5.56 Å². The van der Waals surface area contributed by atoms with Crippen molar-refractivity contribution in [1.29, 1.82) is 0 Å². The van der Waals surface area contributed by atoms with E-state index in [-0.39, 0.29) is 12.1 Å². The van der Waals surface area contributed by atoms with Crippen LogP contribution < -0.4 is 11.3 Å². The SMILES string of the molecule is NCc1c[nH]n(-c2ccccc2)c1=O. The number of aromatic amines is 1. The topological polar surface area (TPSA) is 63.8 Å². The molecule has 0 aliphatic carbocycles. The van der Waals surface area contributed by atoms with Crippen LogP contribution in [0.5, 0.6) is 0 Å². The molecule has 0 saturated carbocycles. The molecule has 0 unspecified atom stereocenters. The molecule has 14 heavy (non-hydrogen) atoms. The summed E-state index contributed by atoms with van der Waals surface area (Å²) in [5, 5.41) is 2.87. The van der Waals surface area contributed by atoms with E-state index >= 15 is 0 Å². The fraction of sp³-hybridized carbons (Fsp3) is 0.100. The first-order chi connectivity index (χ1) is 6.83. The van der Waals surface area contributed by atoms with Gasteiger partial charge in [-0.05, 0) is 12.1 Å². The van der Waals surface area contributed by atoms with Crippen LogP contribution in [-0.2, 0) is 6.54 Å². The monoisotopic (exact) mass is 189 g/mol. The smallest absolute Gasteiger partial charge is 0.275 e. The quantitative estimate of drug-likeness (QED) is 0.727. The average Bonchev–Trinajstić information content (AvgIpc) is 2.61. The fourth-order valence-electron chi connectivity index (χ4n) is 1.32. The van der Waals surface area contributed by atoms with Crippen molar-refractivity contribution < 1.29 is 0 Å². The molecule has 0 aliphatic heterocycles. The lowest BCUT2D eigenvalue weighted by atomic mass is 10.3. The number of para-hydroxylation sites is 1. The molecule has 2 aromatic rings. The summed E-state index contributed by atoms with van der Waals surface area (Å²) in [7, 11) is 0. The zero-order chi connectivity index (χ0) is 9.97. The second kappa shape index (κ2) is 3.51. The maximum Gasteiger partial charge on any atom is 0.275 e. The molecule has 72 valence electrons. The van der Waals surface area contributed by atoms with Gasteiger partial charge in [0, 0.05) is 12.7 Å². The molecule has 0 radical (unpaired) electrons. The van der Waals surface area contributed by atoms with Crippen molar-refractivity contribution in [3.8, 4) is 5.69 Å². The predicted molar refractivity (Wildman–Crippen MR) is 54.3 cm³/mol. The number of aromatic nitrogens is 2. The molecule has 0 bridgehead atoms. The van der Waals surface area contributed by atoms with E-state index in [1.54, 1.807) is 6.20 Å². The molecule has 0 atom stereocenters. The van der Waals surface area contributed by atoms with Gasteiger partial charge < -0.3 is 5.73 Å². The van der Waals surface area contributed by atoms with Crippen LogP contribution in [0.1, 0.15) is 5.56 Å². The highest BCUT2D eigenvalue weighted by atomic mass is 16.1. The molecule has 3 N–H and O–H groups in total. The van der Waals surface area contributed by atoms with Gasteiger partial charge >= 0.3 is 0 Å². The van der Waals surface area contributed by atoms with E-state index in [9.17, 15) is 4.79 Å². The number of benzene rings is 1. The van der Waals surface area contributed by atoms with E-state index in [1.807, 2.05) is 30.3 Å². The molecule has 1 heterocycles. The van der Waals surface area contributed by atoms with Crippen molar-refractivity contribution in [3.63, 3.8) is 0 Å². The minimum Gasteiger partial charge on any atom is -0.326 e. The summed E-state index contributed by atoms with van der Waals surface area (Å²) >= 11 is 0. The number of nitrogens with zero attached hydrogens (tertiary/aromatic N) is 1. The van der Waals surface area contributed by atoms with Crippen LogP contribution in [0.4, 0.5) is 0 Å². The van der Waals surface area contributed by atoms with Crippen molar-refractivity contribution in [3.05, 3.63) is 52.4 Å². The Bertz CT molecular complexity index is 470. The second-order valence-electron chi connectivity index (χ2n) is 2.98. The lowest BCUT2D eigenvalue weighted by molar-refractivity contribution is 0.845. The fourth-order valence-corrected chi connectivity index (χ4v) is 1.32. The highest BCUT2D eigenvalue weighted by Crippen LogP contribution is 2.02. The number of nitrogens with two attached hydrogens (primary N) is 1. The van der Waals surface area contributed by atoms with E-state index in [4.69, 9.17) is 5.73 Å². The van der Waals surface area contributed by atoms with E-state index < -0.39 is 0 Å². The Morgan fingerprint density at radius 2 is 2.00 bits per heavy atom. The Morgan fingerprint density at radius 1 is 1.29 bits per heavy atom. The highest BCUT2D eigenvalue weighted by Gasteiger charge is 2.04. The number of H-pyrrole nitrogens is 1. The van der Waals surface area contributed by atoms with E-state index in [2.05, 4.69) is 5.10 Å². The van der Waals surface area contributed by atoms with Gasteiger partial charge in [0.15, 0.2) is 0 Å². The Kier molecular flexibility index (Phi) is 2.20. The Balaban J connectivity index is 2.53. The van der Waals surface area contributed by atoms with Crippen LogP contribution in [0, 0.1) is 0 Å². The zero-order valence-electron chi connectivity index (χ0n) is 7.60. The minimum atomic E-state index is -0.0845. The van der Waals surface area contributed by atoms with Crippen molar-refractivity contribution >= 4 is 0 Å². The third kappa shape index (κ3) is 1.36. The molecular formula is C10H11N3O. The number of hydrogen-bond acceptors (Lipinski definition) is 2. The van der Waals surface area contributed by atoms with Crippen molar-refractivity contribution in [2.75, 3.05) is 0 Å². The Hall–Kier alpha value is -1.81. The van der Waals surface area contributed by atoms with Crippen LogP contribution in [0.3, 0.4) is 0 Å². The van der Waals surface area contributed by atoms with Gasteiger partial charge in [-0.15, -0.1) is 0 Å². The molecule has 0 amide bonds. The molecular weight excluding hydrogens is 178 g/mol. The summed E-state index contributed by atoms with van der Waals surface area (Å²) in [5.41, 5.74) is 6.73. The number of hydrogen-bond donors (Lipinski definition) is 2. The van der Waals surface area contributed by atoms with Crippen LogP contribution in [0.25, 0.3) is 5.69 Å². The first-order valence-corrected chi connectivity index (χ1v) is 4.37. The maximum absolute atomic E-state index is 11.7. The molecule has 0 saturated heterocycles. The largest absolute Gasteiger partial charge is 0.326 e. The van der Waals surface area contributed by atoms with E-state index in [0.717, 1.165) is 5.69 Å². The zero-order valence-corrected chi connectivity index (χ0v) is 7.60. The van der Waals surface area contributed by atoms with Crippen LogP contribution in [-0.4, -0.2) is 9.78 Å². The summed E-state index contributed by atoms with van der Waals surface area (Å²) < 4.78 is 1.47. The summed E-state index contributed by atoms with van der Waals surface area (Å²) in [5.74, 6) is 0. The van der Waals surface area contributed by atoms with Gasteiger partial charge in [0.25, 0.3) is 5.56 Å². The molecule has 0 spiro atoms. The van der Waals surface area contributed by atoms with Gasteiger partial charge in [0.1, 0.15) is 0 Å². The first kappa shape index (κ1) is 8.77. The minimum absolute atomic E-state index is 0.0845. The normalized spacial score (nSPS) is 10.4. The van der Waals surface area contributed by atoms with Gasteiger partial charge in [-0.3, -0.25) is 9.89 Å². The third-order valence-electron chi connectivity index (χ3n) is 2.08. The molecule has 1 aromatic heterocycles. The van der Waals surface area contributed by atoms with Crippen molar-refractivity contribution in [1.82, 2.24) is 9.78 Å². The van der Waals surface area contributed by atoms with Gasteiger partial charge in [0.05, 0.1) is 11.3 Å². The van der Waals surface area contributed by atoms with Gasteiger partial charge in [-0.1, -0.05) is 18.2 Å². The molecule has 0 aliphatic rings. The molecule has 4 nitrogen and oxygen atoms in total. The van der Waals surface area contributed by atoms with Crippen LogP contribution in [0.15, 0.2) is 41.3 Å². The number of nitrogens with one attached hydrogen (secondary N) is 1. The summed E-state index contributed by atoms with van der Waals surface area (Å²) in [6.07, 6.45) is 1.63. The summed E-state index contributed by atoms with van der Waals surface area (Å²) in [6.45, 7) is 0.259. The predicted octanol–water partition coefficient (Wildman–Crippen LogP) is 0.624. The summed E-state index contributed by atoms with van der Waals surface area (Å²) in [6, 6.07) is 9.38. The lowest BCUT2D eigenvalue weighted by Gasteiger charge is -1.99. The first-order valence-electron chi connectivity index (χ1n) is 4.37. The van der Waals surface area contributed by atoms with Gasteiger partial charge in [0.2, 0.25) is 0 Å². The van der Waals surface area contributed by atoms with E-state index in [1.165, 1.54) is 4.68 Å². The summed E-state index contributed by atoms with van der Waals surface area (Å²) in [4.78, 5) is 11.7. The average molecular weight is 189 g/mol. The maximum atomic E-state index is 11.7. The molecule has 2 rings (SSSR count). The standard InChI is InChI=1S/C10H11N3O/c11-6-8-7-12-13(10(8)14)9-4-2-1-3-5-9/h1-5,7,12H,6,11H2. The molecule has 4 heteroatoms. The van der Waals surface area contributed by atoms with Gasteiger partial charge in [-0.2, -0.15) is 0 Å². The molecule has 1 aromatic carbocycles. The van der Waals surface area contributed by atoms with Gasteiger partial charge in [-0.25, -0.2) is 4.68 Å². The lowest BCUT2D eigenvalue weighted by Crippen LogP contribution is -2.18.